The zero-order valence-electron chi connectivity index (χ0n) is 6.34. The average molecular weight is 134 g/mol. The summed E-state index contributed by atoms with van der Waals surface area (Å²) in [5, 5.41) is 0. The van der Waals surface area contributed by atoms with Crippen molar-refractivity contribution in [1.82, 2.24) is 0 Å². The standard InChI is InChI=1S/C10H14/c1-3-8(4-1)10-6-2-5-9(10)7-10/h2,6,8-9H,1,3-5,7H2. The molecule has 0 bridgehead atoms. The summed E-state index contributed by atoms with van der Waals surface area (Å²) in [7, 11) is 0. The Morgan fingerprint density at radius 3 is 2.50 bits per heavy atom. The molecule has 0 heteroatoms. The van der Waals surface area contributed by atoms with Gasteiger partial charge in [-0.3, -0.25) is 0 Å². The number of hydrogen-bond donors (Lipinski definition) is 0. The first-order valence-corrected chi connectivity index (χ1v) is 4.59. The summed E-state index contributed by atoms with van der Waals surface area (Å²) < 4.78 is 0. The van der Waals surface area contributed by atoms with Gasteiger partial charge >= 0.3 is 0 Å². The van der Waals surface area contributed by atoms with Gasteiger partial charge in [0.2, 0.25) is 0 Å². The van der Waals surface area contributed by atoms with E-state index in [2.05, 4.69) is 12.2 Å². The van der Waals surface area contributed by atoms with E-state index >= 15 is 0 Å². The molecule has 2 unspecified atom stereocenters. The molecule has 0 aliphatic heterocycles. The van der Waals surface area contributed by atoms with Gasteiger partial charge in [0.05, 0.1) is 0 Å². The highest BCUT2D eigenvalue weighted by molar-refractivity contribution is 5.25. The summed E-state index contributed by atoms with van der Waals surface area (Å²) in [6.45, 7) is 0. The van der Waals surface area contributed by atoms with Crippen molar-refractivity contribution in [3.63, 3.8) is 0 Å². The molecule has 2 atom stereocenters. The molecule has 0 nitrogen and oxygen atoms in total. The average Bonchev–Trinajstić information content (AvgIpc) is 2.32. The van der Waals surface area contributed by atoms with Crippen molar-refractivity contribution >= 4 is 0 Å². The third-order valence-electron chi connectivity index (χ3n) is 3.91. The Balaban J connectivity index is 1.85. The zero-order chi connectivity index (χ0) is 6.60. The molecule has 0 saturated heterocycles. The molecule has 0 amide bonds. The zero-order valence-corrected chi connectivity index (χ0v) is 6.34. The van der Waals surface area contributed by atoms with Crippen LogP contribution in [0.4, 0.5) is 0 Å². The van der Waals surface area contributed by atoms with Crippen molar-refractivity contribution in [1.29, 1.82) is 0 Å². The maximum atomic E-state index is 2.53. The highest BCUT2D eigenvalue weighted by Gasteiger charge is 2.59. The van der Waals surface area contributed by atoms with E-state index in [9.17, 15) is 0 Å². The topological polar surface area (TPSA) is 0 Å². The lowest BCUT2D eigenvalue weighted by atomic mass is 9.73. The van der Waals surface area contributed by atoms with E-state index in [1.807, 2.05) is 0 Å². The van der Waals surface area contributed by atoms with Crippen molar-refractivity contribution in [2.24, 2.45) is 17.3 Å². The van der Waals surface area contributed by atoms with Gasteiger partial charge in [0.25, 0.3) is 0 Å². The van der Waals surface area contributed by atoms with E-state index in [4.69, 9.17) is 0 Å². The van der Waals surface area contributed by atoms with Crippen LogP contribution in [0.5, 0.6) is 0 Å². The van der Waals surface area contributed by atoms with Gasteiger partial charge in [0.15, 0.2) is 0 Å². The lowest BCUT2D eigenvalue weighted by Crippen LogP contribution is -2.21. The van der Waals surface area contributed by atoms with Gasteiger partial charge < -0.3 is 0 Å². The van der Waals surface area contributed by atoms with Gasteiger partial charge in [0, 0.05) is 0 Å². The highest BCUT2D eigenvalue weighted by Crippen LogP contribution is 2.68. The molecule has 0 aromatic rings. The number of rotatable bonds is 1. The van der Waals surface area contributed by atoms with Gasteiger partial charge in [-0.1, -0.05) is 18.6 Å². The fourth-order valence-corrected chi connectivity index (χ4v) is 2.91. The quantitative estimate of drug-likeness (QED) is 0.484. The van der Waals surface area contributed by atoms with Crippen LogP contribution >= 0.6 is 0 Å². The van der Waals surface area contributed by atoms with Crippen molar-refractivity contribution in [3.8, 4) is 0 Å². The summed E-state index contributed by atoms with van der Waals surface area (Å²) >= 11 is 0. The molecule has 2 fully saturated rings. The first-order valence-electron chi connectivity index (χ1n) is 4.59. The van der Waals surface area contributed by atoms with E-state index < -0.39 is 0 Å². The van der Waals surface area contributed by atoms with Crippen LogP contribution < -0.4 is 0 Å². The van der Waals surface area contributed by atoms with Gasteiger partial charge in [0.1, 0.15) is 0 Å². The molecule has 0 radical (unpaired) electrons. The molecule has 0 heterocycles. The van der Waals surface area contributed by atoms with Crippen LogP contribution in [-0.2, 0) is 0 Å². The minimum absolute atomic E-state index is 0.776. The van der Waals surface area contributed by atoms with Gasteiger partial charge in [-0.15, -0.1) is 0 Å². The molecule has 2 saturated carbocycles. The van der Waals surface area contributed by atoms with Crippen molar-refractivity contribution in [2.75, 3.05) is 0 Å². The number of fused-ring (bicyclic) bond motifs is 1. The van der Waals surface area contributed by atoms with Crippen LogP contribution in [-0.4, -0.2) is 0 Å². The third kappa shape index (κ3) is 0.457. The minimum Gasteiger partial charge on any atom is -0.0877 e. The molecule has 3 aliphatic carbocycles. The third-order valence-corrected chi connectivity index (χ3v) is 3.91. The molecule has 10 heavy (non-hydrogen) atoms. The molecular weight excluding hydrogens is 120 g/mol. The fraction of sp³-hybridized carbons (Fsp3) is 0.800. The van der Waals surface area contributed by atoms with Gasteiger partial charge in [-0.2, -0.15) is 0 Å². The van der Waals surface area contributed by atoms with E-state index in [0.29, 0.717) is 0 Å². The predicted molar refractivity (Wildman–Crippen MR) is 41.6 cm³/mol. The van der Waals surface area contributed by atoms with Crippen LogP contribution in [0.25, 0.3) is 0 Å². The Bertz CT molecular complexity index is 188. The molecule has 54 valence electrons. The highest BCUT2D eigenvalue weighted by atomic mass is 14.6. The first kappa shape index (κ1) is 5.40. The van der Waals surface area contributed by atoms with Crippen LogP contribution in [0, 0.1) is 17.3 Å². The number of hydrogen-bond acceptors (Lipinski definition) is 0. The summed E-state index contributed by atoms with van der Waals surface area (Å²) in [5.74, 6) is 2.20. The normalized spacial score (nSPS) is 50.6. The SMILES string of the molecule is C1=CC2(C3CCC3)CC2C1. The molecule has 3 aliphatic rings. The summed E-state index contributed by atoms with van der Waals surface area (Å²) in [6, 6.07) is 0. The second-order valence-electron chi connectivity index (χ2n) is 4.28. The smallest absolute Gasteiger partial charge is 0.00554 e. The van der Waals surface area contributed by atoms with Crippen molar-refractivity contribution in [2.45, 2.75) is 32.1 Å². The molecule has 3 rings (SSSR count). The van der Waals surface area contributed by atoms with E-state index in [1.165, 1.54) is 32.1 Å². The maximum absolute atomic E-state index is 2.53. The second-order valence-corrected chi connectivity index (χ2v) is 4.28. The minimum atomic E-state index is 0.776. The fourth-order valence-electron chi connectivity index (χ4n) is 2.91. The molecule has 0 aromatic heterocycles. The number of allylic oxidation sites excluding steroid dienone is 2. The maximum Gasteiger partial charge on any atom is -0.00554 e. The van der Waals surface area contributed by atoms with Crippen LogP contribution in [0.3, 0.4) is 0 Å². The predicted octanol–water partition coefficient (Wildman–Crippen LogP) is 2.75. The molecule has 0 N–H and O–H groups in total. The van der Waals surface area contributed by atoms with E-state index in [0.717, 1.165) is 17.3 Å². The van der Waals surface area contributed by atoms with Crippen molar-refractivity contribution < 1.29 is 0 Å². The molecular formula is C10H14. The van der Waals surface area contributed by atoms with Gasteiger partial charge in [-0.25, -0.2) is 0 Å². The molecule has 0 aromatic carbocycles. The lowest BCUT2D eigenvalue weighted by molar-refractivity contribution is 0.216. The summed E-state index contributed by atoms with van der Waals surface area (Å²) in [4.78, 5) is 0. The van der Waals surface area contributed by atoms with E-state index in [1.54, 1.807) is 0 Å². The van der Waals surface area contributed by atoms with Crippen LogP contribution in [0.2, 0.25) is 0 Å². The second kappa shape index (κ2) is 1.49. The monoisotopic (exact) mass is 134 g/mol. The van der Waals surface area contributed by atoms with Crippen molar-refractivity contribution in [3.05, 3.63) is 12.2 Å². The lowest BCUT2D eigenvalue weighted by Gasteiger charge is -2.32. The van der Waals surface area contributed by atoms with Crippen LogP contribution in [0.1, 0.15) is 32.1 Å². The Morgan fingerprint density at radius 1 is 1.20 bits per heavy atom. The van der Waals surface area contributed by atoms with E-state index in [-0.39, 0.29) is 0 Å². The Labute approximate surface area is 62.3 Å². The Morgan fingerprint density at radius 2 is 2.10 bits per heavy atom. The first-order chi connectivity index (χ1) is 4.92. The van der Waals surface area contributed by atoms with Gasteiger partial charge in [-0.05, 0) is 42.9 Å². The Hall–Kier alpha value is -0.260. The Kier molecular flexibility index (Phi) is 0.805. The molecule has 0 spiro atoms. The summed E-state index contributed by atoms with van der Waals surface area (Å²) in [5.41, 5.74) is 0.776. The van der Waals surface area contributed by atoms with Crippen LogP contribution in [0.15, 0.2) is 12.2 Å². The largest absolute Gasteiger partial charge is 0.0877 e. The summed E-state index contributed by atoms with van der Waals surface area (Å²) in [6.07, 6.45) is 12.4.